The summed E-state index contributed by atoms with van der Waals surface area (Å²) in [7, 11) is 0. The number of carbonyl (C=O) groups excluding carboxylic acids is 2. The third-order valence-electron chi connectivity index (χ3n) is 4.70. The van der Waals surface area contributed by atoms with Crippen molar-refractivity contribution in [1.82, 2.24) is 20.3 Å². The highest BCUT2D eigenvalue weighted by Gasteiger charge is 2.20. The first-order valence-corrected chi connectivity index (χ1v) is 9.96. The third kappa shape index (κ3) is 4.50. The van der Waals surface area contributed by atoms with Gasteiger partial charge in [0.2, 0.25) is 11.9 Å². The second kappa shape index (κ2) is 8.52. The molecule has 0 spiro atoms. The topological polar surface area (TPSA) is 111 Å². The number of thiophene rings is 1. The molecular weight excluding hydrogens is 392 g/mol. The van der Waals surface area contributed by atoms with Crippen molar-refractivity contribution in [2.75, 3.05) is 42.9 Å². The Morgan fingerprint density at radius 3 is 2.59 bits per heavy atom. The number of piperazine rings is 1. The van der Waals surface area contributed by atoms with Crippen LogP contribution in [0.2, 0.25) is 0 Å². The zero-order chi connectivity index (χ0) is 20.2. The van der Waals surface area contributed by atoms with E-state index in [1.165, 1.54) is 11.3 Å². The molecule has 150 valence electrons. The molecule has 10 heteroatoms. The van der Waals surface area contributed by atoms with E-state index in [1.807, 2.05) is 12.1 Å². The van der Waals surface area contributed by atoms with E-state index in [9.17, 15) is 9.59 Å². The summed E-state index contributed by atoms with van der Waals surface area (Å²) in [5.74, 6) is 0.0885. The quantitative estimate of drug-likeness (QED) is 0.431. The van der Waals surface area contributed by atoms with Gasteiger partial charge in [-0.15, -0.1) is 11.3 Å². The molecule has 1 aliphatic rings. The predicted molar refractivity (Wildman–Crippen MR) is 110 cm³/mol. The lowest BCUT2D eigenvalue weighted by Gasteiger charge is -2.34. The van der Waals surface area contributed by atoms with Crippen LogP contribution in [0.1, 0.15) is 9.67 Å². The van der Waals surface area contributed by atoms with Crippen LogP contribution in [0.15, 0.2) is 42.7 Å². The van der Waals surface area contributed by atoms with Crippen molar-refractivity contribution in [3.8, 4) is 0 Å². The molecule has 0 saturated carbocycles. The number of carbonyl (C=O) groups is 2. The fourth-order valence-corrected chi connectivity index (χ4v) is 4.23. The number of aromatic nitrogens is 2. The van der Waals surface area contributed by atoms with Gasteiger partial charge in [0, 0.05) is 49.0 Å². The molecule has 4 rings (SSSR count). The van der Waals surface area contributed by atoms with Crippen molar-refractivity contribution in [3.63, 3.8) is 0 Å². The van der Waals surface area contributed by atoms with Gasteiger partial charge in [0.1, 0.15) is 0 Å². The van der Waals surface area contributed by atoms with Gasteiger partial charge in [0.25, 0.3) is 5.91 Å². The minimum absolute atomic E-state index is 0.0846. The van der Waals surface area contributed by atoms with Crippen LogP contribution >= 0.6 is 11.3 Å². The number of benzene rings is 1. The lowest BCUT2D eigenvalue weighted by Crippen LogP contribution is -2.49. The Balaban J connectivity index is 1.32. The van der Waals surface area contributed by atoms with Gasteiger partial charge in [-0.2, -0.15) is 0 Å². The Morgan fingerprint density at radius 1 is 1.10 bits per heavy atom. The number of hydroxylamine groups is 1. The first kappa shape index (κ1) is 19.2. The van der Waals surface area contributed by atoms with Crippen molar-refractivity contribution < 1.29 is 14.8 Å². The maximum atomic E-state index is 12.4. The van der Waals surface area contributed by atoms with Crippen molar-refractivity contribution in [1.29, 1.82) is 0 Å². The summed E-state index contributed by atoms with van der Waals surface area (Å²) >= 11 is 1.25. The largest absolute Gasteiger partial charge is 0.338 e. The Labute approximate surface area is 170 Å². The predicted octanol–water partition coefficient (Wildman–Crippen LogP) is 1.57. The van der Waals surface area contributed by atoms with E-state index < -0.39 is 5.91 Å². The van der Waals surface area contributed by atoms with E-state index in [0.29, 0.717) is 17.1 Å². The average molecular weight is 412 g/mol. The molecule has 0 bridgehead atoms. The molecule has 0 unspecified atom stereocenters. The summed E-state index contributed by atoms with van der Waals surface area (Å²) in [5, 5.41) is 12.6. The van der Waals surface area contributed by atoms with Gasteiger partial charge in [-0.25, -0.2) is 15.4 Å². The Morgan fingerprint density at radius 2 is 1.86 bits per heavy atom. The van der Waals surface area contributed by atoms with Crippen molar-refractivity contribution in [2.24, 2.45) is 0 Å². The number of fused-ring (bicyclic) bond motifs is 1. The molecule has 3 N–H and O–H groups in total. The van der Waals surface area contributed by atoms with Crippen LogP contribution in [-0.2, 0) is 4.79 Å². The second-order valence-corrected chi connectivity index (χ2v) is 7.75. The fourth-order valence-electron chi connectivity index (χ4n) is 3.24. The molecule has 1 aliphatic heterocycles. The van der Waals surface area contributed by atoms with Crippen molar-refractivity contribution in [2.45, 2.75) is 0 Å². The molecule has 9 nitrogen and oxygen atoms in total. The Hall–Kier alpha value is -3.08. The van der Waals surface area contributed by atoms with E-state index in [0.717, 1.165) is 42.2 Å². The number of hydrogen-bond donors (Lipinski definition) is 3. The Bertz CT molecular complexity index is 1020. The SMILES string of the molecule is O=C(CN1CCN(c2ncccn2)CC1)Nc1ccc2cc(C(=O)NO)sc2c1. The smallest absolute Gasteiger partial charge is 0.284 e. The van der Waals surface area contributed by atoms with Gasteiger partial charge >= 0.3 is 0 Å². The van der Waals surface area contributed by atoms with Crippen LogP contribution in [0, 0.1) is 0 Å². The lowest BCUT2D eigenvalue weighted by atomic mass is 10.2. The highest BCUT2D eigenvalue weighted by Crippen LogP contribution is 2.28. The number of nitrogens with one attached hydrogen (secondary N) is 2. The number of anilines is 2. The fraction of sp³-hybridized carbons (Fsp3) is 0.263. The Kier molecular flexibility index (Phi) is 5.65. The average Bonchev–Trinajstić information content (AvgIpc) is 3.18. The molecular formula is C19H20N6O3S. The summed E-state index contributed by atoms with van der Waals surface area (Å²) in [6.07, 6.45) is 3.46. The summed E-state index contributed by atoms with van der Waals surface area (Å²) in [4.78, 5) is 37.1. The molecule has 0 radical (unpaired) electrons. The number of rotatable bonds is 5. The van der Waals surface area contributed by atoms with Crippen LogP contribution < -0.4 is 15.7 Å². The molecule has 1 saturated heterocycles. The summed E-state index contributed by atoms with van der Waals surface area (Å²) in [5.41, 5.74) is 2.31. The zero-order valence-corrected chi connectivity index (χ0v) is 16.4. The summed E-state index contributed by atoms with van der Waals surface area (Å²) in [6.45, 7) is 3.37. The normalized spacial score (nSPS) is 14.7. The number of hydrogen-bond acceptors (Lipinski definition) is 8. The standard InChI is InChI=1S/C19H20N6O3S/c26-17(12-24-6-8-25(9-7-24)19-20-4-1-5-21-19)22-14-3-2-13-10-16(18(27)23-28)29-15(13)11-14/h1-5,10-11,28H,6-9,12H2,(H,22,26)(H,23,27). The van der Waals surface area contributed by atoms with E-state index in [4.69, 9.17) is 5.21 Å². The van der Waals surface area contributed by atoms with Gasteiger partial charge in [-0.05, 0) is 29.7 Å². The van der Waals surface area contributed by atoms with Gasteiger partial charge in [0.15, 0.2) is 0 Å². The van der Waals surface area contributed by atoms with E-state index in [1.54, 1.807) is 36.1 Å². The van der Waals surface area contributed by atoms with Crippen LogP contribution in [-0.4, -0.2) is 64.6 Å². The van der Waals surface area contributed by atoms with Crippen molar-refractivity contribution >= 4 is 44.9 Å². The van der Waals surface area contributed by atoms with Crippen LogP contribution in [0.3, 0.4) is 0 Å². The molecule has 2 aromatic heterocycles. The molecule has 2 amide bonds. The first-order valence-electron chi connectivity index (χ1n) is 9.14. The second-order valence-electron chi connectivity index (χ2n) is 6.66. The minimum atomic E-state index is -0.545. The molecule has 1 aromatic carbocycles. The molecule has 0 atom stereocenters. The van der Waals surface area contributed by atoms with E-state index in [-0.39, 0.29) is 5.91 Å². The number of amides is 2. The molecule has 29 heavy (non-hydrogen) atoms. The molecule has 1 fully saturated rings. The van der Waals surface area contributed by atoms with Gasteiger partial charge in [0.05, 0.1) is 11.4 Å². The monoisotopic (exact) mass is 412 g/mol. The zero-order valence-electron chi connectivity index (χ0n) is 15.5. The van der Waals surface area contributed by atoms with Gasteiger partial charge in [-0.1, -0.05) is 6.07 Å². The van der Waals surface area contributed by atoms with Crippen molar-refractivity contribution in [3.05, 3.63) is 47.6 Å². The van der Waals surface area contributed by atoms with Gasteiger partial charge in [-0.3, -0.25) is 19.7 Å². The first-order chi connectivity index (χ1) is 14.1. The maximum absolute atomic E-state index is 12.4. The van der Waals surface area contributed by atoms with Crippen LogP contribution in [0.25, 0.3) is 10.1 Å². The minimum Gasteiger partial charge on any atom is -0.338 e. The molecule has 3 heterocycles. The lowest BCUT2D eigenvalue weighted by molar-refractivity contribution is -0.117. The van der Waals surface area contributed by atoms with E-state index in [2.05, 4.69) is 25.1 Å². The van der Waals surface area contributed by atoms with Crippen LogP contribution in [0.4, 0.5) is 11.6 Å². The maximum Gasteiger partial charge on any atom is 0.284 e. The number of nitrogens with zero attached hydrogens (tertiary/aromatic N) is 4. The highest BCUT2D eigenvalue weighted by molar-refractivity contribution is 7.20. The molecule has 0 aliphatic carbocycles. The third-order valence-corrected chi connectivity index (χ3v) is 5.80. The highest BCUT2D eigenvalue weighted by atomic mass is 32.1. The van der Waals surface area contributed by atoms with Crippen LogP contribution in [0.5, 0.6) is 0 Å². The summed E-state index contributed by atoms with van der Waals surface area (Å²) in [6, 6.07) is 8.97. The summed E-state index contributed by atoms with van der Waals surface area (Å²) < 4.78 is 0.859. The van der Waals surface area contributed by atoms with E-state index >= 15 is 0 Å². The molecule has 3 aromatic rings. The van der Waals surface area contributed by atoms with Gasteiger partial charge < -0.3 is 10.2 Å².